The van der Waals surface area contributed by atoms with Gasteiger partial charge in [-0.25, -0.2) is 12.2 Å². The van der Waals surface area contributed by atoms with Crippen LogP contribution in [0, 0.1) is 12.0 Å². The van der Waals surface area contributed by atoms with E-state index in [1.54, 1.807) is 3.26 Å². The molecule has 0 spiro atoms. The van der Waals surface area contributed by atoms with E-state index < -0.39 is 0 Å². The smallest absolute Gasteiger partial charge is 0.0238 e. The Bertz CT molecular complexity index is 1970. The van der Waals surface area contributed by atoms with Crippen LogP contribution in [-0.2, 0) is 47.6 Å². The van der Waals surface area contributed by atoms with E-state index in [0.29, 0.717) is 11.8 Å². The molecule has 0 aromatic heterocycles. The van der Waals surface area contributed by atoms with E-state index in [2.05, 4.69) is 209 Å². The maximum atomic E-state index is 2.99. The van der Waals surface area contributed by atoms with Crippen molar-refractivity contribution in [1.82, 2.24) is 0 Å². The summed E-state index contributed by atoms with van der Waals surface area (Å²) in [5.41, 5.74) is 8.92. The summed E-state index contributed by atoms with van der Waals surface area (Å²) in [4.78, 5) is 0. The van der Waals surface area contributed by atoms with Crippen LogP contribution in [0.1, 0.15) is 115 Å². The van der Waals surface area contributed by atoms with Crippen molar-refractivity contribution in [3.05, 3.63) is 185 Å². The Morgan fingerprint density at radius 3 is 1.43 bits per heavy atom. The molecule has 1 aliphatic carbocycles. The van der Waals surface area contributed by atoms with Crippen LogP contribution in [-0.4, -0.2) is 3.26 Å². The summed E-state index contributed by atoms with van der Waals surface area (Å²) in [6, 6.07) is 46.5. The quantitative estimate of drug-likeness (QED) is 0.116. The first-order valence-electron chi connectivity index (χ1n) is 19.8. The second kappa shape index (κ2) is 20.2. The molecule has 0 atom stereocenters. The fourth-order valence-corrected chi connectivity index (χ4v) is 6.85. The van der Waals surface area contributed by atoms with Crippen molar-refractivity contribution < 1.29 is 23.9 Å². The van der Waals surface area contributed by atoms with E-state index >= 15 is 0 Å². The molecule has 0 radical (unpaired) electrons. The molecule has 0 amide bonds. The minimum atomic E-state index is 0.203. The van der Waals surface area contributed by atoms with E-state index in [4.69, 9.17) is 0 Å². The molecule has 1 aliphatic rings. The second-order valence-electron chi connectivity index (χ2n) is 17.1. The van der Waals surface area contributed by atoms with Crippen LogP contribution in [0.15, 0.2) is 146 Å². The summed E-state index contributed by atoms with van der Waals surface area (Å²) in [5.74, 6) is 1.34. The Hall–Kier alpha value is -3.81. The van der Waals surface area contributed by atoms with E-state index in [0.717, 1.165) is 19.3 Å². The van der Waals surface area contributed by atoms with E-state index in [1.165, 1.54) is 78.8 Å². The number of benzene rings is 5. The van der Waals surface area contributed by atoms with Crippen molar-refractivity contribution in [3.63, 3.8) is 0 Å². The zero-order valence-corrected chi connectivity index (χ0v) is 38.2. The van der Waals surface area contributed by atoms with Gasteiger partial charge < -0.3 is 0 Å². The first kappa shape index (κ1) is 42.9. The van der Waals surface area contributed by atoms with Gasteiger partial charge in [0.25, 0.3) is 0 Å². The van der Waals surface area contributed by atoms with Gasteiger partial charge in [-0.05, 0) is 34.8 Å². The predicted molar refractivity (Wildman–Crippen MR) is 236 cm³/mol. The number of fused-ring (bicyclic) bond motifs is 3. The minimum Gasteiger partial charge on any atom is -0.273 e. The summed E-state index contributed by atoms with van der Waals surface area (Å²) >= 11 is 1.17. The monoisotopic (exact) mass is 878 g/mol. The second-order valence-corrected chi connectivity index (χ2v) is 19.0. The molecule has 0 heterocycles. The van der Waals surface area contributed by atoms with Crippen molar-refractivity contribution >= 4 is 24.8 Å². The third-order valence-corrected chi connectivity index (χ3v) is 13.0. The zero-order valence-electron chi connectivity index (χ0n) is 34.6. The van der Waals surface area contributed by atoms with Crippen molar-refractivity contribution in [3.8, 4) is 0 Å². The molecule has 0 saturated heterocycles. The Morgan fingerprint density at radius 1 is 0.630 bits per heavy atom. The van der Waals surface area contributed by atoms with Crippen molar-refractivity contribution in [2.24, 2.45) is 5.92 Å². The summed E-state index contributed by atoms with van der Waals surface area (Å²) in [6.07, 6.45) is 12.3. The Labute approximate surface area is 342 Å². The van der Waals surface area contributed by atoms with Gasteiger partial charge in [-0.15, -0.1) is 46.2 Å². The molecule has 0 aliphatic heterocycles. The molecule has 1 heteroatoms. The van der Waals surface area contributed by atoms with Crippen molar-refractivity contribution in [2.45, 2.75) is 105 Å². The average molecular weight is 878 g/mol. The third-order valence-electron chi connectivity index (χ3n) is 9.88. The molecule has 7 rings (SSSR count). The minimum absolute atomic E-state index is 0.203. The number of rotatable bonds is 6. The van der Waals surface area contributed by atoms with Gasteiger partial charge in [0.1, 0.15) is 0 Å². The number of allylic oxidation sites excluding steroid dienone is 4. The molecular formula is C53H62Hf. The number of hydrogen-bond acceptors (Lipinski definition) is 0. The third kappa shape index (κ3) is 13.2. The molecule has 0 nitrogen and oxygen atoms in total. The SMILES string of the molecule is CC(C)(C)c1ccc2c(c1)[cH-]c1cc(C(C)(C)C)ccc12.CC(C)[C](=[Hf+2])c1ccc(C(C)C)cc1.[C-]1=CC=CC1.c1ccc(CCc2ccccc2)cc1. The fourth-order valence-electron chi connectivity index (χ4n) is 6.25. The van der Waals surface area contributed by atoms with Gasteiger partial charge in [0.05, 0.1) is 0 Å². The zero-order chi connectivity index (χ0) is 39.3. The average Bonchev–Trinajstić information content (AvgIpc) is 3.86. The van der Waals surface area contributed by atoms with Gasteiger partial charge in [0.15, 0.2) is 0 Å². The fraction of sp³-hybridized carbons (Fsp3) is 0.321. The first-order chi connectivity index (χ1) is 25.6. The van der Waals surface area contributed by atoms with Crippen LogP contribution in [0.25, 0.3) is 21.5 Å². The maximum Gasteiger partial charge on any atom is -0.0238 e. The van der Waals surface area contributed by atoms with Gasteiger partial charge in [0.2, 0.25) is 0 Å². The first-order valence-corrected chi connectivity index (χ1v) is 21.6. The molecule has 0 N–H and O–H groups in total. The summed E-state index contributed by atoms with van der Waals surface area (Å²) < 4.78 is 1.61. The summed E-state index contributed by atoms with van der Waals surface area (Å²) in [7, 11) is 0. The van der Waals surface area contributed by atoms with Gasteiger partial charge in [-0.2, -0.15) is 6.08 Å². The van der Waals surface area contributed by atoms with E-state index in [1.807, 2.05) is 12.2 Å². The van der Waals surface area contributed by atoms with Crippen LogP contribution in [0.3, 0.4) is 0 Å². The molecule has 6 aromatic rings. The molecule has 0 bridgehead atoms. The van der Waals surface area contributed by atoms with Crippen LogP contribution >= 0.6 is 0 Å². The van der Waals surface area contributed by atoms with Crippen molar-refractivity contribution in [2.75, 3.05) is 0 Å². The van der Waals surface area contributed by atoms with Gasteiger partial charge in [0, 0.05) is 0 Å². The molecular weight excluding hydrogens is 815 g/mol. The summed E-state index contributed by atoms with van der Waals surface area (Å²) in [5, 5.41) is 5.48. The molecule has 6 aromatic carbocycles. The summed E-state index contributed by atoms with van der Waals surface area (Å²) in [6.45, 7) is 22.7. The van der Waals surface area contributed by atoms with Gasteiger partial charge >= 0.3 is 102 Å². The molecule has 0 unspecified atom stereocenters. The topological polar surface area (TPSA) is 0 Å². The Balaban J connectivity index is 0.000000174. The van der Waals surface area contributed by atoms with Crippen LogP contribution in [0.5, 0.6) is 0 Å². The van der Waals surface area contributed by atoms with E-state index in [-0.39, 0.29) is 10.8 Å². The van der Waals surface area contributed by atoms with E-state index in [9.17, 15) is 0 Å². The molecule has 0 saturated carbocycles. The van der Waals surface area contributed by atoms with Crippen LogP contribution in [0.2, 0.25) is 0 Å². The van der Waals surface area contributed by atoms with Crippen LogP contribution in [0.4, 0.5) is 0 Å². The molecule has 54 heavy (non-hydrogen) atoms. The standard InChI is InChI=1S/C21H25.C14H14.C13H18.C5H5.Hf/c1-20(2,3)16-7-9-18-14(12-16)11-15-13-17(21(4,5)6)8-10-19(15)18;1-3-7-13(8-4-1)11-12-14-9-5-2-6-10-14;1-10(2)9-12-5-7-13(8-6-12)11(3)4;1-2-4-5-3-1;/h7-13H,1-6H3;1-10H,11-12H2;5-8,10-11H,1-4H3;1-3H,4H2;/q-1;;;-1;+2. The molecule has 0 fully saturated rings. The van der Waals surface area contributed by atoms with Crippen molar-refractivity contribution in [1.29, 1.82) is 0 Å². The molecule has 278 valence electrons. The Kier molecular flexibility index (Phi) is 16.1. The number of hydrogen-bond donors (Lipinski definition) is 0. The Morgan fingerprint density at radius 2 is 1.09 bits per heavy atom. The largest absolute Gasteiger partial charge is 0.273 e. The van der Waals surface area contributed by atoms with Crippen LogP contribution < -0.4 is 0 Å². The van der Waals surface area contributed by atoms with Gasteiger partial charge in [-0.1, -0.05) is 138 Å². The number of aryl methyl sites for hydroxylation is 2. The maximum absolute atomic E-state index is 2.99. The van der Waals surface area contributed by atoms with Gasteiger partial charge in [-0.3, -0.25) is 6.08 Å². The predicted octanol–water partition coefficient (Wildman–Crippen LogP) is 14.6. The normalized spacial score (nSPS) is 12.3.